The van der Waals surface area contributed by atoms with Crippen LogP contribution in [0.2, 0.25) is 0 Å². The van der Waals surface area contributed by atoms with E-state index in [2.05, 4.69) is 15.7 Å². The Kier molecular flexibility index (Phi) is 4.91. The van der Waals surface area contributed by atoms with E-state index in [1.165, 1.54) is 0 Å². The predicted octanol–water partition coefficient (Wildman–Crippen LogP) is 1.35. The van der Waals surface area contributed by atoms with Gasteiger partial charge in [0.2, 0.25) is 0 Å². The van der Waals surface area contributed by atoms with Crippen LogP contribution >= 0.6 is 0 Å². The number of anilines is 1. The fraction of sp³-hybridized carbons (Fsp3) is 0.583. The zero-order chi connectivity index (χ0) is 14.6. The second-order valence-electron chi connectivity index (χ2n) is 4.91. The van der Waals surface area contributed by atoms with Crippen LogP contribution in [0, 0.1) is 12.8 Å². The molecule has 0 fully saturated rings. The quantitative estimate of drug-likeness (QED) is 0.751. The van der Waals surface area contributed by atoms with Gasteiger partial charge in [0, 0.05) is 18.8 Å². The van der Waals surface area contributed by atoms with E-state index in [9.17, 15) is 9.59 Å². The first-order valence-corrected chi connectivity index (χ1v) is 6.10. The van der Waals surface area contributed by atoms with E-state index in [-0.39, 0.29) is 5.92 Å². The van der Waals surface area contributed by atoms with Gasteiger partial charge >= 0.3 is 12.0 Å². The highest BCUT2D eigenvalue weighted by Crippen LogP contribution is 2.08. The van der Waals surface area contributed by atoms with E-state index in [0.717, 1.165) is 5.69 Å². The number of aromatic nitrogens is 2. The van der Waals surface area contributed by atoms with E-state index in [4.69, 9.17) is 5.11 Å². The van der Waals surface area contributed by atoms with Gasteiger partial charge in [-0.25, -0.2) is 9.59 Å². The van der Waals surface area contributed by atoms with Gasteiger partial charge in [-0.3, -0.25) is 10.00 Å². The highest BCUT2D eigenvalue weighted by Gasteiger charge is 2.21. The third-order valence-corrected chi connectivity index (χ3v) is 2.67. The molecule has 1 heterocycles. The van der Waals surface area contributed by atoms with Gasteiger partial charge in [-0.05, 0) is 19.3 Å². The minimum Gasteiger partial charge on any atom is -0.480 e. The van der Waals surface area contributed by atoms with Crippen molar-refractivity contribution in [1.29, 1.82) is 0 Å². The molecule has 0 aliphatic heterocycles. The number of hydrogen-bond acceptors (Lipinski definition) is 3. The summed E-state index contributed by atoms with van der Waals surface area (Å²) in [5.74, 6) is -0.467. The molecule has 1 aromatic rings. The van der Waals surface area contributed by atoms with E-state index in [1.807, 2.05) is 20.8 Å². The summed E-state index contributed by atoms with van der Waals surface area (Å²) in [6.45, 7) is 5.66. The smallest absolute Gasteiger partial charge is 0.326 e. The number of aryl methyl sites for hydroxylation is 2. The number of amides is 2. The molecule has 0 bridgehead atoms. The molecule has 0 aliphatic carbocycles. The van der Waals surface area contributed by atoms with E-state index >= 15 is 0 Å². The number of hydrogen-bond donors (Lipinski definition) is 3. The van der Waals surface area contributed by atoms with Crippen LogP contribution in [0.5, 0.6) is 0 Å². The summed E-state index contributed by atoms with van der Waals surface area (Å²) in [6, 6.07) is 0.244. The van der Waals surface area contributed by atoms with Crippen LogP contribution in [0.15, 0.2) is 6.07 Å². The van der Waals surface area contributed by atoms with Crippen LogP contribution in [-0.2, 0) is 11.8 Å². The predicted molar refractivity (Wildman–Crippen MR) is 71.0 cm³/mol. The maximum atomic E-state index is 11.7. The molecule has 0 aliphatic rings. The highest BCUT2D eigenvalue weighted by atomic mass is 16.4. The molecule has 106 valence electrons. The third kappa shape index (κ3) is 4.61. The summed E-state index contributed by atoms with van der Waals surface area (Å²) < 4.78 is 1.62. The van der Waals surface area contributed by atoms with Crippen molar-refractivity contribution in [2.75, 3.05) is 5.32 Å². The number of carboxylic acids is 1. The van der Waals surface area contributed by atoms with Crippen molar-refractivity contribution in [3.05, 3.63) is 11.8 Å². The molecule has 1 atom stereocenters. The van der Waals surface area contributed by atoms with Crippen molar-refractivity contribution in [2.24, 2.45) is 13.0 Å². The first-order chi connectivity index (χ1) is 8.79. The second kappa shape index (κ2) is 6.21. The van der Waals surface area contributed by atoms with Gasteiger partial charge < -0.3 is 10.4 Å². The van der Waals surface area contributed by atoms with Crippen LogP contribution in [0.3, 0.4) is 0 Å². The highest BCUT2D eigenvalue weighted by molar-refractivity contribution is 5.91. The number of nitrogens with zero attached hydrogens (tertiary/aromatic N) is 2. The molecule has 7 heteroatoms. The second-order valence-corrected chi connectivity index (χ2v) is 4.91. The molecular formula is C12H20N4O3. The average molecular weight is 268 g/mol. The number of carboxylic acid groups (broad SMARTS) is 1. The standard InChI is InChI=1S/C12H20N4O3/c1-7(2)5-9(11(17)18)13-12(19)14-10-6-8(3)16(4)15-10/h6-7,9H,5H2,1-4H3,(H,17,18)(H2,13,14,15,19)/t9-/m0/s1. The van der Waals surface area contributed by atoms with Gasteiger partial charge in [-0.2, -0.15) is 5.10 Å². The third-order valence-electron chi connectivity index (χ3n) is 2.67. The largest absolute Gasteiger partial charge is 0.480 e. The Morgan fingerprint density at radius 2 is 2.11 bits per heavy atom. The number of rotatable bonds is 5. The molecule has 0 saturated heterocycles. The summed E-state index contributed by atoms with van der Waals surface area (Å²) in [5.41, 5.74) is 0.896. The zero-order valence-corrected chi connectivity index (χ0v) is 11.6. The maximum absolute atomic E-state index is 11.7. The minimum absolute atomic E-state index is 0.179. The Morgan fingerprint density at radius 1 is 1.47 bits per heavy atom. The summed E-state index contributed by atoms with van der Waals surface area (Å²) >= 11 is 0. The van der Waals surface area contributed by atoms with Crippen LogP contribution in [0.25, 0.3) is 0 Å². The number of carbonyl (C=O) groups excluding carboxylic acids is 1. The van der Waals surface area contributed by atoms with Crippen molar-refractivity contribution in [3.8, 4) is 0 Å². The lowest BCUT2D eigenvalue weighted by Gasteiger charge is -2.16. The molecule has 0 saturated carbocycles. The molecule has 7 nitrogen and oxygen atoms in total. The van der Waals surface area contributed by atoms with Gasteiger partial charge in [-0.1, -0.05) is 13.8 Å². The number of nitrogens with one attached hydrogen (secondary N) is 2. The Bertz CT molecular complexity index is 448. The van der Waals surface area contributed by atoms with Gasteiger partial charge in [0.25, 0.3) is 0 Å². The van der Waals surface area contributed by atoms with Gasteiger partial charge in [-0.15, -0.1) is 0 Å². The van der Waals surface area contributed by atoms with Crippen molar-refractivity contribution in [2.45, 2.75) is 33.2 Å². The molecular weight excluding hydrogens is 248 g/mol. The molecule has 0 radical (unpaired) electrons. The fourth-order valence-electron chi connectivity index (χ4n) is 1.63. The van der Waals surface area contributed by atoms with Crippen LogP contribution < -0.4 is 10.6 Å². The summed E-state index contributed by atoms with van der Waals surface area (Å²) in [5, 5.41) is 18.0. The Hall–Kier alpha value is -2.05. The summed E-state index contributed by atoms with van der Waals surface area (Å²) in [4.78, 5) is 22.7. The minimum atomic E-state index is -1.04. The molecule has 0 aromatic carbocycles. The average Bonchev–Trinajstić information content (AvgIpc) is 2.55. The lowest BCUT2D eigenvalue weighted by atomic mass is 10.0. The lowest BCUT2D eigenvalue weighted by Crippen LogP contribution is -2.43. The maximum Gasteiger partial charge on any atom is 0.326 e. The Morgan fingerprint density at radius 3 is 2.53 bits per heavy atom. The monoisotopic (exact) mass is 268 g/mol. The molecule has 0 unspecified atom stereocenters. The van der Waals surface area contributed by atoms with Crippen LogP contribution in [-0.4, -0.2) is 32.9 Å². The number of carbonyl (C=O) groups is 2. The summed E-state index contributed by atoms with van der Waals surface area (Å²) in [6.07, 6.45) is 0.379. The molecule has 3 N–H and O–H groups in total. The number of aliphatic carboxylic acids is 1. The zero-order valence-electron chi connectivity index (χ0n) is 11.6. The molecule has 2 amide bonds. The van der Waals surface area contributed by atoms with E-state index in [1.54, 1.807) is 17.8 Å². The number of urea groups is 1. The topological polar surface area (TPSA) is 96.2 Å². The van der Waals surface area contributed by atoms with E-state index in [0.29, 0.717) is 12.2 Å². The van der Waals surface area contributed by atoms with Crippen LogP contribution in [0.4, 0.5) is 10.6 Å². The van der Waals surface area contributed by atoms with Gasteiger partial charge in [0.15, 0.2) is 5.82 Å². The first kappa shape index (κ1) is 15.0. The van der Waals surface area contributed by atoms with Crippen LogP contribution in [0.1, 0.15) is 26.0 Å². The van der Waals surface area contributed by atoms with Crippen molar-refractivity contribution >= 4 is 17.8 Å². The molecule has 1 rings (SSSR count). The SMILES string of the molecule is Cc1cc(NC(=O)N[C@@H](CC(C)C)C(=O)O)nn1C. The Balaban J connectivity index is 2.60. The molecule has 0 spiro atoms. The Labute approximate surface area is 112 Å². The van der Waals surface area contributed by atoms with Crippen molar-refractivity contribution in [3.63, 3.8) is 0 Å². The van der Waals surface area contributed by atoms with Crippen molar-refractivity contribution < 1.29 is 14.7 Å². The first-order valence-electron chi connectivity index (χ1n) is 6.10. The van der Waals surface area contributed by atoms with Gasteiger partial charge in [0.1, 0.15) is 6.04 Å². The lowest BCUT2D eigenvalue weighted by molar-refractivity contribution is -0.139. The van der Waals surface area contributed by atoms with Gasteiger partial charge in [0.05, 0.1) is 0 Å². The van der Waals surface area contributed by atoms with E-state index < -0.39 is 18.0 Å². The summed E-state index contributed by atoms with van der Waals surface area (Å²) in [7, 11) is 1.76. The van der Waals surface area contributed by atoms with Crippen molar-refractivity contribution in [1.82, 2.24) is 15.1 Å². The fourth-order valence-corrected chi connectivity index (χ4v) is 1.63. The molecule has 1 aromatic heterocycles. The normalized spacial score (nSPS) is 12.3. The molecule has 19 heavy (non-hydrogen) atoms.